The number of carboxylic acid groups (broad SMARTS) is 1. The van der Waals surface area contributed by atoms with Crippen LogP contribution in [-0.2, 0) is 14.4 Å². The number of aliphatic carboxylic acids is 1. The number of nitrogens with zero attached hydrogens (tertiary/aromatic N) is 1. The van der Waals surface area contributed by atoms with E-state index < -0.39 is 22.2 Å². The topological polar surface area (TPSA) is 95.2 Å². The van der Waals surface area contributed by atoms with E-state index in [2.05, 4.69) is 40.7 Å². The molecule has 194 valence electrons. The van der Waals surface area contributed by atoms with Gasteiger partial charge >= 0.3 is 5.97 Å². The van der Waals surface area contributed by atoms with E-state index in [9.17, 15) is 24.8 Å². The van der Waals surface area contributed by atoms with E-state index in [4.69, 9.17) is 0 Å². The molecule has 0 saturated heterocycles. The molecule has 0 aromatic carbocycles. The van der Waals surface area contributed by atoms with E-state index in [1.165, 1.54) is 0 Å². The Morgan fingerprint density at radius 3 is 2.25 bits per heavy atom. The molecule has 3 saturated carbocycles. The lowest BCUT2D eigenvalue weighted by Crippen LogP contribution is -2.65. The second-order valence-electron chi connectivity index (χ2n) is 14.7. The summed E-state index contributed by atoms with van der Waals surface area (Å²) in [4.78, 5) is 40.2. The van der Waals surface area contributed by atoms with Crippen LogP contribution in [0, 0.1) is 61.6 Å². The molecule has 0 bridgehead atoms. The summed E-state index contributed by atoms with van der Waals surface area (Å²) in [6.07, 6.45) is 8.98. The number of rotatable bonds is 1. The molecule has 3 fully saturated rings. The van der Waals surface area contributed by atoms with Crippen molar-refractivity contribution in [1.29, 1.82) is 5.26 Å². The molecule has 0 heterocycles. The second kappa shape index (κ2) is 7.21. The van der Waals surface area contributed by atoms with Crippen molar-refractivity contribution in [3.05, 3.63) is 23.3 Å². The van der Waals surface area contributed by atoms with Crippen LogP contribution in [-0.4, -0.2) is 22.6 Å². The van der Waals surface area contributed by atoms with Gasteiger partial charge in [-0.05, 0) is 79.1 Å². The number of ketones is 2. The highest BCUT2D eigenvalue weighted by Gasteiger charge is 2.70. The van der Waals surface area contributed by atoms with Gasteiger partial charge < -0.3 is 5.11 Å². The Balaban J connectivity index is 1.71. The van der Waals surface area contributed by atoms with E-state index in [0.717, 1.165) is 31.3 Å². The quantitative estimate of drug-likeness (QED) is 0.465. The zero-order chi connectivity index (χ0) is 26.7. The third-order valence-corrected chi connectivity index (χ3v) is 12.3. The summed E-state index contributed by atoms with van der Waals surface area (Å²) in [7, 11) is 0. The summed E-state index contributed by atoms with van der Waals surface area (Å²) in [5.41, 5.74) is -1.49. The molecule has 1 N–H and O–H groups in total. The first-order valence-electron chi connectivity index (χ1n) is 13.7. The Kier molecular flexibility index (Phi) is 5.09. The fourth-order valence-corrected chi connectivity index (χ4v) is 10.0. The standard InChI is InChI=1S/C31H41NO4/c1-26(2)10-12-31(25(35)36)13-11-30(7)23(19(31)16-26)20(33)14-22-28(5)15-18(17-32)24(34)27(3,4)21(28)8-9-29(22,30)6/h14-15,19,21,23H,8-13,16H2,1-7H3,(H,35,36)/t19-,21-,23?,28-,29+,30+,31-/m0/s1. The molecule has 0 aromatic heterocycles. The van der Waals surface area contributed by atoms with Gasteiger partial charge in [-0.25, -0.2) is 0 Å². The van der Waals surface area contributed by atoms with Gasteiger partial charge in [0.1, 0.15) is 6.07 Å². The Morgan fingerprint density at radius 2 is 1.64 bits per heavy atom. The Morgan fingerprint density at radius 1 is 1.00 bits per heavy atom. The van der Waals surface area contributed by atoms with E-state index in [-0.39, 0.29) is 51.1 Å². The number of allylic oxidation sites excluding steroid dienone is 4. The van der Waals surface area contributed by atoms with Gasteiger partial charge in [0.2, 0.25) is 0 Å². The smallest absolute Gasteiger partial charge is 0.309 e. The van der Waals surface area contributed by atoms with Crippen molar-refractivity contribution in [1.82, 2.24) is 0 Å². The molecular weight excluding hydrogens is 450 g/mol. The number of hydrogen-bond donors (Lipinski definition) is 1. The van der Waals surface area contributed by atoms with Crippen molar-refractivity contribution in [3.63, 3.8) is 0 Å². The number of carboxylic acids is 1. The molecule has 5 rings (SSSR count). The zero-order valence-corrected chi connectivity index (χ0v) is 23.0. The van der Waals surface area contributed by atoms with Crippen LogP contribution in [0.4, 0.5) is 0 Å². The van der Waals surface area contributed by atoms with E-state index >= 15 is 0 Å². The minimum Gasteiger partial charge on any atom is -0.481 e. The molecule has 36 heavy (non-hydrogen) atoms. The number of hydrogen-bond acceptors (Lipinski definition) is 4. The maximum Gasteiger partial charge on any atom is 0.309 e. The van der Waals surface area contributed by atoms with Crippen LogP contribution < -0.4 is 0 Å². The van der Waals surface area contributed by atoms with Gasteiger partial charge in [-0.2, -0.15) is 5.26 Å². The summed E-state index contributed by atoms with van der Waals surface area (Å²) in [5, 5.41) is 20.3. The van der Waals surface area contributed by atoms with Crippen LogP contribution in [0.1, 0.15) is 93.4 Å². The van der Waals surface area contributed by atoms with Crippen LogP contribution in [0.15, 0.2) is 23.3 Å². The van der Waals surface area contributed by atoms with Crippen LogP contribution in [0.25, 0.3) is 0 Å². The maximum atomic E-state index is 14.2. The first-order valence-corrected chi connectivity index (χ1v) is 13.7. The highest BCUT2D eigenvalue weighted by atomic mass is 16.4. The average Bonchev–Trinajstić information content (AvgIpc) is 2.77. The molecule has 0 spiro atoms. The summed E-state index contributed by atoms with van der Waals surface area (Å²) in [6, 6.07) is 2.15. The van der Waals surface area contributed by atoms with Crippen LogP contribution >= 0.6 is 0 Å². The molecule has 5 aliphatic carbocycles. The lowest BCUT2D eigenvalue weighted by atomic mass is 9.34. The third-order valence-electron chi connectivity index (χ3n) is 12.3. The average molecular weight is 492 g/mol. The summed E-state index contributed by atoms with van der Waals surface area (Å²) >= 11 is 0. The fraction of sp³-hybridized carbons (Fsp3) is 0.742. The second-order valence-corrected chi connectivity index (χ2v) is 14.7. The first kappa shape index (κ1) is 25.4. The summed E-state index contributed by atoms with van der Waals surface area (Å²) in [6.45, 7) is 15.0. The van der Waals surface area contributed by atoms with Gasteiger partial charge in [-0.1, -0.05) is 60.1 Å². The molecule has 7 atom stereocenters. The minimum absolute atomic E-state index is 0.00880. The number of fused-ring (bicyclic) bond motifs is 7. The molecule has 0 aromatic rings. The largest absolute Gasteiger partial charge is 0.481 e. The first-order chi connectivity index (χ1) is 16.5. The lowest BCUT2D eigenvalue weighted by molar-refractivity contribution is -0.188. The zero-order valence-electron chi connectivity index (χ0n) is 23.0. The Bertz CT molecular complexity index is 1180. The number of Topliss-reactive ketones (excluding diaryl/α,β-unsaturated/α-hetero) is 1. The van der Waals surface area contributed by atoms with Crippen molar-refractivity contribution in [3.8, 4) is 6.07 Å². The van der Waals surface area contributed by atoms with Crippen molar-refractivity contribution >= 4 is 17.5 Å². The molecule has 0 radical (unpaired) electrons. The van der Waals surface area contributed by atoms with Gasteiger partial charge in [0.25, 0.3) is 0 Å². The van der Waals surface area contributed by atoms with Crippen LogP contribution in [0.2, 0.25) is 0 Å². The highest BCUT2D eigenvalue weighted by molar-refractivity contribution is 6.04. The van der Waals surface area contributed by atoms with Crippen molar-refractivity contribution in [2.45, 2.75) is 93.4 Å². The van der Waals surface area contributed by atoms with Gasteiger partial charge in [0, 0.05) is 16.7 Å². The predicted octanol–water partition coefficient (Wildman–Crippen LogP) is 6.29. The van der Waals surface area contributed by atoms with Gasteiger partial charge in [-0.15, -0.1) is 0 Å². The van der Waals surface area contributed by atoms with Crippen molar-refractivity contribution < 1.29 is 19.5 Å². The number of carbonyl (C=O) groups excluding carboxylic acids is 2. The number of carbonyl (C=O) groups is 3. The molecule has 5 nitrogen and oxygen atoms in total. The molecule has 5 heteroatoms. The van der Waals surface area contributed by atoms with Crippen molar-refractivity contribution in [2.24, 2.45) is 50.2 Å². The molecule has 5 aliphatic rings. The highest BCUT2D eigenvalue weighted by Crippen LogP contribution is 2.74. The van der Waals surface area contributed by atoms with Crippen LogP contribution in [0.5, 0.6) is 0 Å². The van der Waals surface area contributed by atoms with Gasteiger partial charge in [0.15, 0.2) is 11.6 Å². The van der Waals surface area contributed by atoms with Crippen molar-refractivity contribution in [2.75, 3.05) is 0 Å². The lowest BCUT2D eigenvalue weighted by Gasteiger charge is -2.68. The maximum absolute atomic E-state index is 14.2. The molecular formula is C31H41NO4. The Hall–Kier alpha value is -2.22. The summed E-state index contributed by atoms with van der Waals surface area (Å²) in [5.74, 6) is -1.27. The monoisotopic (exact) mass is 491 g/mol. The van der Waals surface area contributed by atoms with Crippen LogP contribution in [0.3, 0.4) is 0 Å². The van der Waals surface area contributed by atoms with Gasteiger partial charge in [-0.3, -0.25) is 14.4 Å². The van der Waals surface area contributed by atoms with E-state index in [0.29, 0.717) is 19.3 Å². The molecule has 0 aliphatic heterocycles. The summed E-state index contributed by atoms with van der Waals surface area (Å²) < 4.78 is 0. The third kappa shape index (κ3) is 2.85. The van der Waals surface area contributed by atoms with Gasteiger partial charge in [0.05, 0.1) is 11.0 Å². The SMILES string of the molecule is CC1(C)CC[C@]2(C(=O)O)CC[C@]3(C)C(C(=O)C=C4[C@@]5(C)C=C(C#N)C(=O)C(C)(C)[C@@H]5CC[C@]43C)[C@@H]2C1. The predicted molar refractivity (Wildman–Crippen MR) is 137 cm³/mol. The Labute approximate surface area is 215 Å². The van der Waals surface area contributed by atoms with E-state index in [1.54, 1.807) is 0 Å². The normalized spacial score (nSPS) is 46.7. The van der Waals surface area contributed by atoms with E-state index in [1.807, 2.05) is 26.0 Å². The molecule has 1 unspecified atom stereocenters. The minimum atomic E-state index is -0.828. The number of nitriles is 1. The fourth-order valence-electron chi connectivity index (χ4n) is 10.0. The molecule has 0 amide bonds.